The number of anilines is 1. The number of benzene rings is 3. The molecular weight excluding hydrogens is 632 g/mol. The second kappa shape index (κ2) is 11.6. The van der Waals surface area contributed by atoms with E-state index < -0.39 is 23.6 Å². The molecule has 0 radical (unpaired) electrons. The van der Waals surface area contributed by atoms with Crippen molar-refractivity contribution >= 4 is 84.0 Å². The molecule has 3 amide bonds. The number of ether oxygens (including phenoxy) is 1. The van der Waals surface area contributed by atoms with Gasteiger partial charge < -0.3 is 10.1 Å². The molecule has 1 saturated heterocycles. The third-order valence-corrected chi connectivity index (χ3v) is 7.52. The quantitative estimate of drug-likeness (QED) is 0.269. The van der Waals surface area contributed by atoms with E-state index in [2.05, 4.69) is 43.2 Å². The van der Waals surface area contributed by atoms with Gasteiger partial charge in [0.1, 0.15) is 18.9 Å². The van der Waals surface area contributed by atoms with Crippen LogP contribution in [0, 0.1) is 6.92 Å². The van der Waals surface area contributed by atoms with Crippen LogP contribution in [0.4, 0.5) is 10.5 Å². The Bertz CT molecular complexity index is 1370. The molecule has 10 heteroatoms. The van der Waals surface area contributed by atoms with Crippen molar-refractivity contribution in [1.82, 2.24) is 4.90 Å². The zero-order chi connectivity index (χ0) is 25.8. The second-order valence-corrected chi connectivity index (χ2v) is 11.0. The van der Waals surface area contributed by atoms with Crippen LogP contribution in [0.15, 0.2) is 74.5 Å². The lowest BCUT2D eigenvalue weighted by Gasteiger charge is -2.13. The van der Waals surface area contributed by atoms with Crippen LogP contribution in [0.3, 0.4) is 0 Å². The summed E-state index contributed by atoms with van der Waals surface area (Å²) in [7, 11) is 0. The molecule has 3 aromatic carbocycles. The normalized spacial score (nSPS) is 14.4. The lowest BCUT2D eigenvalue weighted by molar-refractivity contribution is -0.127. The van der Waals surface area contributed by atoms with Crippen LogP contribution < -0.4 is 10.1 Å². The number of aryl methyl sites for hydroxylation is 1. The molecule has 0 bridgehead atoms. The van der Waals surface area contributed by atoms with Crippen LogP contribution in [-0.4, -0.2) is 28.5 Å². The van der Waals surface area contributed by atoms with Crippen molar-refractivity contribution in [3.63, 3.8) is 0 Å². The summed E-state index contributed by atoms with van der Waals surface area (Å²) < 4.78 is 7.37. The van der Waals surface area contributed by atoms with Crippen LogP contribution in [0.1, 0.15) is 16.7 Å². The van der Waals surface area contributed by atoms with E-state index in [1.165, 1.54) is 0 Å². The molecule has 0 unspecified atom stereocenters. The average Bonchev–Trinajstić information content (AvgIpc) is 3.07. The maximum absolute atomic E-state index is 12.9. The number of nitrogens with one attached hydrogen (secondary N) is 1. The van der Waals surface area contributed by atoms with Gasteiger partial charge in [0.2, 0.25) is 5.91 Å². The first-order chi connectivity index (χ1) is 17.2. The summed E-state index contributed by atoms with van der Waals surface area (Å²) in [5.74, 6) is -0.434. The average molecular weight is 651 g/mol. The minimum Gasteiger partial charge on any atom is -0.487 e. The predicted octanol–water partition coefficient (Wildman–Crippen LogP) is 7.43. The molecule has 6 nitrogen and oxygen atoms in total. The fourth-order valence-electron chi connectivity index (χ4n) is 3.44. The van der Waals surface area contributed by atoms with Gasteiger partial charge in [0.05, 0.1) is 24.6 Å². The molecule has 1 N–H and O–H groups in total. The number of carbonyl (C=O) groups excluding carboxylic acids is 3. The Balaban J connectivity index is 1.44. The molecule has 1 fully saturated rings. The van der Waals surface area contributed by atoms with Crippen molar-refractivity contribution < 1.29 is 19.1 Å². The Morgan fingerprint density at radius 3 is 2.50 bits per heavy atom. The highest BCUT2D eigenvalue weighted by atomic mass is 79.9. The van der Waals surface area contributed by atoms with E-state index in [1.807, 2.05) is 25.1 Å². The van der Waals surface area contributed by atoms with Crippen LogP contribution >= 0.6 is 55.2 Å². The van der Waals surface area contributed by atoms with Crippen LogP contribution in [0.2, 0.25) is 5.02 Å². The maximum Gasteiger partial charge on any atom is 0.294 e. The molecule has 0 aliphatic carbocycles. The maximum atomic E-state index is 12.9. The molecule has 0 spiro atoms. The summed E-state index contributed by atoms with van der Waals surface area (Å²) in [5, 5.41) is 2.47. The van der Waals surface area contributed by atoms with E-state index in [0.717, 1.165) is 27.8 Å². The highest BCUT2D eigenvalue weighted by Gasteiger charge is 2.36. The molecule has 0 aromatic heterocycles. The number of hydrogen-bond acceptors (Lipinski definition) is 5. The molecule has 0 saturated carbocycles. The highest BCUT2D eigenvalue weighted by molar-refractivity contribution is 9.11. The number of rotatable bonds is 7. The van der Waals surface area contributed by atoms with Crippen molar-refractivity contribution in [2.45, 2.75) is 13.5 Å². The van der Waals surface area contributed by atoms with Crippen LogP contribution in [-0.2, 0) is 16.2 Å². The zero-order valence-electron chi connectivity index (χ0n) is 18.9. The van der Waals surface area contributed by atoms with Crippen molar-refractivity contribution in [1.29, 1.82) is 0 Å². The van der Waals surface area contributed by atoms with E-state index in [9.17, 15) is 14.4 Å². The van der Waals surface area contributed by atoms with Crippen molar-refractivity contribution in [3.05, 3.63) is 96.2 Å². The van der Waals surface area contributed by atoms with Crippen molar-refractivity contribution in [3.8, 4) is 5.75 Å². The lowest BCUT2D eigenvalue weighted by atomic mass is 10.1. The largest absolute Gasteiger partial charge is 0.487 e. The molecule has 1 aliphatic rings. The Morgan fingerprint density at radius 1 is 1.08 bits per heavy atom. The van der Waals surface area contributed by atoms with Gasteiger partial charge in [0.25, 0.3) is 11.1 Å². The molecule has 3 aromatic rings. The Kier molecular flexibility index (Phi) is 8.56. The topological polar surface area (TPSA) is 75.7 Å². The van der Waals surface area contributed by atoms with Gasteiger partial charge in [-0.1, -0.05) is 53.6 Å². The molecule has 1 heterocycles. The predicted molar refractivity (Wildman–Crippen MR) is 150 cm³/mol. The van der Waals surface area contributed by atoms with Gasteiger partial charge in [-0.3, -0.25) is 19.3 Å². The minimum absolute atomic E-state index is 0.220. The van der Waals surface area contributed by atoms with Crippen LogP contribution in [0.5, 0.6) is 5.75 Å². The third-order valence-electron chi connectivity index (χ3n) is 5.11. The van der Waals surface area contributed by atoms with Gasteiger partial charge in [-0.15, -0.1) is 0 Å². The first kappa shape index (κ1) is 26.5. The first-order valence-corrected chi connectivity index (χ1v) is 13.5. The number of amides is 3. The smallest absolute Gasteiger partial charge is 0.294 e. The fraction of sp³-hybridized carbons (Fsp3) is 0.115. The monoisotopic (exact) mass is 648 g/mol. The summed E-state index contributed by atoms with van der Waals surface area (Å²) in [6.07, 6.45) is 1.61. The van der Waals surface area contributed by atoms with Gasteiger partial charge in [-0.25, -0.2) is 0 Å². The molecule has 1 aliphatic heterocycles. The number of imide groups is 1. The molecule has 184 valence electrons. The first-order valence-electron chi connectivity index (χ1n) is 10.7. The number of nitrogens with zero attached hydrogens (tertiary/aromatic N) is 1. The van der Waals surface area contributed by atoms with Gasteiger partial charge in [-0.05, 0) is 92.0 Å². The zero-order valence-corrected chi connectivity index (χ0v) is 23.6. The highest BCUT2D eigenvalue weighted by Crippen LogP contribution is 2.38. The van der Waals surface area contributed by atoms with E-state index >= 15 is 0 Å². The summed E-state index contributed by atoms with van der Waals surface area (Å²) in [6.45, 7) is 2.01. The fourth-order valence-corrected chi connectivity index (χ4v) is 5.91. The molecular formula is C26H19Br2ClN2O4S. The van der Waals surface area contributed by atoms with E-state index in [-0.39, 0.29) is 4.91 Å². The van der Waals surface area contributed by atoms with Crippen LogP contribution in [0.25, 0.3) is 6.08 Å². The van der Waals surface area contributed by atoms with Crippen molar-refractivity contribution in [2.24, 2.45) is 0 Å². The van der Waals surface area contributed by atoms with Gasteiger partial charge >= 0.3 is 0 Å². The third kappa shape index (κ3) is 6.39. The number of thioether (sulfide) groups is 1. The number of hydrogen-bond donors (Lipinski definition) is 1. The molecule has 0 atom stereocenters. The SMILES string of the molecule is Cc1cccc(COc2c(Br)cc(/C=C3/SC(=O)N(CC(=O)Nc4ccccc4Cl)C3=O)cc2Br)c1. The summed E-state index contributed by atoms with van der Waals surface area (Å²) in [4.78, 5) is 38.9. The van der Waals surface area contributed by atoms with E-state index in [1.54, 1.807) is 42.5 Å². The van der Waals surface area contributed by atoms with Gasteiger partial charge in [-0.2, -0.15) is 0 Å². The standard InChI is InChI=1S/C26H19Br2ClN2O4S/c1-15-5-4-6-16(9-15)14-35-24-18(27)10-17(11-19(24)28)12-22-25(33)31(26(34)36-22)13-23(32)30-21-8-3-2-7-20(21)29/h2-12H,13-14H2,1H3,(H,30,32)/b22-12+. The van der Waals surface area contributed by atoms with Gasteiger partial charge in [0.15, 0.2) is 0 Å². The summed E-state index contributed by atoms with van der Waals surface area (Å²) in [6, 6.07) is 18.4. The van der Waals surface area contributed by atoms with Crippen molar-refractivity contribution in [2.75, 3.05) is 11.9 Å². The molecule has 36 heavy (non-hydrogen) atoms. The lowest BCUT2D eigenvalue weighted by Crippen LogP contribution is -2.36. The Labute approximate surface area is 234 Å². The summed E-state index contributed by atoms with van der Waals surface area (Å²) >= 11 is 13.9. The number of para-hydroxylation sites is 1. The Hall–Kier alpha value is -2.59. The van der Waals surface area contributed by atoms with E-state index in [4.69, 9.17) is 16.3 Å². The minimum atomic E-state index is -0.536. The summed E-state index contributed by atoms with van der Waals surface area (Å²) in [5.41, 5.74) is 3.29. The Morgan fingerprint density at radius 2 is 1.81 bits per heavy atom. The number of carbonyl (C=O) groups is 3. The number of halogens is 3. The van der Waals surface area contributed by atoms with Gasteiger partial charge in [0, 0.05) is 0 Å². The second-order valence-electron chi connectivity index (χ2n) is 7.89. The van der Waals surface area contributed by atoms with E-state index in [0.29, 0.717) is 37.6 Å². The molecule has 4 rings (SSSR count).